The third-order valence-corrected chi connectivity index (χ3v) is 5.72. The zero-order chi connectivity index (χ0) is 13.6. The van der Waals surface area contributed by atoms with Crippen molar-refractivity contribution in [2.45, 2.75) is 32.7 Å². The second kappa shape index (κ2) is 7.48. The fourth-order valence-corrected chi connectivity index (χ4v) is 4.49. The minimum absolute atomic E-state index is 0.0326. The molecule has 0 saturated heterocycles. The van der Waals surface area contributed by atoms with E-state index in [-0.39, 0.29) is 17.7 Å². The summed E-state index contributed by atoms with van der Waals surface area (Å²) in [6.45, 7) is 3.89. The van der Waals surface area contributed by atoms with Crippen molar-refractivity contribution in [3.8, 4) is 0 Å². The summed E-state index contributed by atoms with van der Waals surface area (Å²) in [6.07, 6.45) is 1.76. The number of nitrogens with one attached hydrogen (secondary N) is 1. The Morgan fingerprint density at radius 1 is 1.50 bits per heavy atom. The molecule has 1 heterocycles. The van der Waals surface area contributed by atoms with Gasteiger partial charge in [-0.3, -0.25) is 0 Å². The number of hydrogen-bond donors (Lipinski definition) is 1. The molecule has 0 fully saturated rings. The van der Waals surface area contributed by atoms with Crippen LogP contribution < -0.4 is 4.72 Å². The van der Waals surface area contributed by atoms with Crippen molar-refractivity contribution in [2.24, 2.45) is 5.92 Å². The molecule has 1 N–H and O–H groups in total. The highest BCUT2D eigenvalue weighted by Crippen LogP contribution is 2.24. The van der Waals surface area contributed by atoms with Gasteiger partial charge in [-0.1, -0.05) is 26.3 Å². The molecular formula is C12H20ClNO2S2. The molecule has 0 spiro atoms. The van der Waals surface area contributed by atoms with Gasteiger partial charge in [0.15, 0.2) is 0 Å². The lowest BCUT2D eigenvalue weighted by atomic mass is 10.1. The molecule has 0 bridgehead atoms. The standard InChI is InChI=1S/C12H20ClNO2S2/c1-3-5-11(12-6-4-7-17-12)14-18(15,16)9-10(2)8-13/h4,6-7,10-11,14H,3,5,8-9H2,1-2H3. The highest BCUT2D eigenvalue weighted by Gasteiger charge is 2.21. The van der Waals surface area contributed by atoms with E-state index in [2.05, 4.69) is 11.6 Å². The van der Waals surface area contributed by atoms with Crippen molar-refractivity contribution in [1.82, 2.24) is 4.72 Å². The quantitative estimate of drug-likeness (QED) is 0.748. The highest BCUT2D eigenvalue weighted by molar-refractivity contribution is 7.89. The normalized spacial score (nSPS) is 15.5. The fourth-order valence-electron chi connectivity index (χ4n) is 1.72. The number of thiophene rings is 1. The van der Waals surface area contributed by atoms with E-state index in [1.165, 1.54) is 0 Å². The maximum atomic E-state index is 12.0. The zero-order valence-corrected chi connectivity index (χ0v) is 13.1. The molecule has 6 heteroatoms. The first-order chi connectivity index (χ1) is 8.48. The molecule has 18 heavy (non-hydrogen) atoms. The minimum atomic E-state index is -3.27. The summed E-state index contributed by atoms with van der Waals surface area (Å²) in [5.41, 5.74) is 0. The molecular weight excluding hydrogens is 290 g/mol. The molecule has 1 aromatic rings. The SMILES string of the molecule is CCCC(NS(=O)(=O)CC(C)CCl)c1cccs1. The van der Waals surface area contributed by atoms with E-state index in [9.17, 15) is 8.42 Å². The summed E-state index contributed by atoms with van der Waals surface area (Å²) in [5.74, 6) is 0.412. The predicted molar refractivity (Wildman–Crippen MR) is 78.8 cm³/mol. The molecule has 0 amide bonds. The lowest BCUT2D eigenvalue weighted by Gasteiger charge is -2.18. The lowest BCUT2D eigenvalue weighted by molar-refractivity contribution is 0.532. The Hall–Kier alpha value is -0.100. The average Bonchev–Trinajstić information content (AvgIpc) is 2.80. The second-order valence-electron chi connectivity index (χ2n) is 4.52. The molecule has 2 atom stereocenters. The zero-order valence-electron chi connectivity index (χ0n) is 10.7. The molecule has 0 aliphatic carbocycles. The number of sulfonamides is 1. The van der Waals surface area contributed by atoms with Gasteiger partial charge >= 0.3 is 0 Å². The van der Waals surface area contributed by atoms with Crippen LogP contribution in [0.2, 0.25) is 0 Å². The van der Waals surface area contributed by atoms with Gasteiger partial charge in [0.1, 0.15) is 0 Å². The average molecular weight is 310 g/mol. The summed E-state index contributed by atoms with van der Waals surface area (Å²) in [6, 6.07) is 3.80. The van der Waals surface area contributed by atoms with Gasteiger partial charge in [-0.25, -0.2) is 13.1 Å². The Kier molecular flexibility index (Phi) is 6.63. The van der Waals surface area contributed by atoms with Crippen molar-refractivity contribution in [2.75, 3.05) is 11.6 Å². The summed E-state index contributed by atoms with van der Waals surface area (Å²) in [7, 11) is -3.27. The van der Waals surface area contributed by atoms with Crippen LogP contribution in [0.5, 0.6) is 0 Å². The Bertz CT molecular complexity index is 431. The molecule has 1 aromatic heterocycles. The molecule has 0 radical (unpaired) electrons. The Morgan fingerprint density at radius 3 is 2.72 bits per heavy atom. The van der Waals surface area contributed by atoms with Crippen LogP contribution in [0.15, 0.2) is 17.5 Å². The third kappa shape index (κ3) is 5.26. The number of hydrogen-bond acceptors (Lipinski definition) is 3. The molecule has 2 unspecified atom stereocenters. The van der Waals surface area contributed by atoms with Gasteiger partial charge in [0.2, 0.25) is 10.0 Å². The maximum absolute atomic E-state index is 12.0. The van der Waals surface area contributed by atoms with Crippen molar-refractivity contribution < 1.29 is 8.42 Å². The smallest absolute Gasteiger partial charge is 0.212 e. The Balaban J connectivity index is 2.72. The Morgan fingerprint density at radius 2 is 2.22 bits per heavy atom. The summed E-state index contributed by atoms with van der Waals surface area (Å²) in [4.78, 5) is 1.07. The van der Waals surface area contributed by atoms with Gasteiger partial charge in [-0.05, 0) is 23.8 Å². The van der Waals surface area contributed by atoms with Crippen LogP contribution in [0, 0.1) is 5.92 Å². The van der Waals surface area contributed by atoms with Crippen LogP contribution in [0.3, 0.4) is 0 Å². The van der Waals surface area contributed by atoms with Crippen LogP contribution in [0.4, 0.5) is 0 Å². The molecule has 3 nitrogen and oxygen atoms in total. The van der Waals surface area contributed by atoms with E-state index in [1.54, 1.807) is 11.3 Å². The van der Waals surface area contributed by atoms with Gasteiger partial charge in [0, 0.05) is 10.8 Å². The van der Waals surface area contributed by atoms with Gasteiger partial charge in [0.25, 0.3) is 0 Å². The van der Waals surface area contributed by atoms with Crippen LogP contribution in [-0.4, -0.2) is 20.1 Å². The number of halogens is 1. The van der Waals surface area contributed by atoms with Gasteiger partial charge in [0.05, 0.1) is 11.8 Å². The molecule has 104 valence electrons. The first-order valence-electron chi connectivity index (χ1n) is 6.08. The van der Waals surface area contributed by atoms with E-state index in [1.807, 2.05) is 24.4 Å². The molecule has 0 aromatic carbocycles. The minimum Gasteiger partial charge on any atom is -0.212 e. The van der Waals surface area contributed by atoms with Crippen LogP contribution >= 0.6 is 22.9 Å². The van der Waals surface area contributed by atoms with Gasteiger partial charge in [-0.2, -0.15) is 0 Å². The lowest BCUT2D eigenvalue weighted by Crippen LogP contribution is -2.32. The first-order valence-corrected chi connectivity index (χ1v) is 9.14. The summed E-state index contributed by atoms with van der Waals surface area (Å²) < 4.78 is 26.8. The van der Waals surface area contributed by atoms with Gasteiger partial charge in [-0.15, -0.1) is 22.9 Å². The topological polar surface area (TPSA) is 46.2 Å². The van der Waals surface area contributed by atoms with Crippen molar-refractivity contribution in [1.29, 1.82) is 0 Å². The van der Waals surface area contributed by atoms with Crippen molar-refractivity contribution in [3.63, 3.8) is 0 Å². The number of rotatable bonds is 8. The second-order valence-corrected chi connectivity index (χ2v) is 7.60. The molecule has 0 aliphatic heterocycles. The number of alkyl halides is 1. The maximum Gasteiger partial charge on any atom is 0.212 e. The molecule has 0 saturated carbocycles. The van der Waals surface area contributed by atoms with Crippen molar-refractivity contribution >= 4 is 33.0 Å². The fraction of sp³-hybridized carbons (Fsp3) is 0.667. The summed E-state index contributed by atoms with van der Waals surface area (Å²) >= 11 is 7.25. The summed E-state index contributed by atoms with van der Waals surface area (Å²) in [5, 5.41) is 1.97. The van der Waals surface area contributed by atoms with E-state index in [0.717, 1.165) is 17.7 Å². The highest BCUT2D eigenvalue weighted by atomic mass is 35.5. The Labute approximate surface area is 119 Å². The van der Waals surface area contributed by atoms with E-state index in [0.29, 0.717) is 5.88 Å². The monoisotopic (exact) mass is 309 g/mol. The van der Waals surface area contributed by atoms with Gasteiger partial charge < -0.3 is 0 Å². The van der Waals surface area contributed by atoms with E-state index in [4.69, 9.17) is 11.6 Å². The van der Waals surface area contributed by atoms with Crippen LogP contribution in [0.25, 0.3) is 0 Å². The first kappa shape index (κ1) is 16.0. The molecule has 0 aliphatic rings. The van der Waals surface area contributed by atoms with Crippen LogP contribution in [0.1, 0.15) is 37.6 Å². The predicted octanol–water partition coefficient (Wildman–Crippen LogP) is 3.38. The van der Waals surface area contributed by atoms with Crippen molar-refractivity contribution in [3.05, 3.63) is 22.4 Å². The van der Waals surface area contributed by atoms with E-state index < -0.39 is 10.0 Å². The third-order valence-electron chi connectivity index (χ3n) is 2.55. The van der Waals surface area contributed by atoms with Crippen LogP contribution in [-0.2, 0) is 10.0 Å². The largest absolute Gasteiger partial charge is 0.212 e. The molecule has 1 rings (SSSR count). The van der Waals surface area contributed by atoms with E-state index >= 15 is 0 Å².